The normalized spacial score (nSPS) is 20.8. The summed E-state index contributed by atoms with van der Waals surface area (Å²) in [5.74, 6) is 0.607. The maximum absolute atomic E-state index is 12.9. The summed E-state index contributed by atoms with van der Waals surface area (Å²) >= 11 is 0. The van der Waals surface area contributed by atoms with Crippen molar-refractivity contribution < 1.29 is 9.90 Å². The Kier molecular flexibility index (Phi) is 4.90. The van der Waals surface area contributed by atoms with Crippen molar-refractivity contribution >= 4 is 11.7 Å². The largest absolute Gasteiger partial charge is 0.386 e. The van der Waals surface area contributed by atoms with E-state index in [1.165, 1.54) is 17.3 Å². The summed E-state index contributed by atoms with van der Waals surface area (Å²) in [5.41, 5.74) is -1.88. The number of rotatable bonds is 5. The van der Waals surface area contributed by atoms with Gasteiger partial charge in [0.05, 0.1) is 18.3 Å². The molecular formula is C17H25N7O2. The maximum atomic E-state index is 12.9. The average molecular weight is 359 g/mol. The molecule has 0 radical (unpaired) electrons. The zero-order chi connectivity index (χ0) is 18.8. The summed E-state index contributed by atoms with van der Waals surface area (Å²) in [7, 11) is 1.71. The number of likely N-dealkylation sites (N-methyl/N-ethyl adjacent to an activating group) is 1. The van der Waals surface area contributed by atoms with Crippen LogP contribution in [0, 0.1) is 0 Å². The Morgan fingerprint density at radius 1 is 1.38 bits per heavy atom. The SMILES string of the molecule is CN(C[C@@]1(O)CCCN(c2cnccn2)C1)C(=O)C(C)(C)n1cncn1. The molecular weight excluding hydrogens is 334 g/mol. The van der Waals surface area contributed by atoms with Gasteiger partial charge in [-0.1, -0.05) is 0 Å². The van der Waals surface area contributed by atoms with Gasteiger partial charge in [-0.25, -0.2) is 14.6 Å². The lowest BCUT2D eigenvalue weighted by atomic mass is 9.91. The predicted octanol–water partition coefficient (Wildman–Crippen LogP) is 0.293. The first kappa shape index (κ1) is 18.2. The molecule has 3 rings (SSSR count). The number of carbonyl (C=O) groups is 1. The standard InChI is InChI=1S/C17H25N7O2/c1-16(2,24-13-19-12-21-24)15(25)22(3)10-17(26)5-4-8-23(11-17)14-9-18-6-7-20-14/h6-7,9,12-13,26H,4-5,8,10-11H2,1-3H3/t17-/m0/s1. The van der Waals surface area contributed by atoms with E-state index in [9.17, 15) is 9.90 Å². The van der Waals surface area contributed by atoms with Gasteiger partial charge in [0.1, 0.15) is 24.0 Å². The van der Waals surface area contributed by atoms with Crippen molar-refractivity contribution in [2.45, 2.75) is 37.8 Å². The monoisotopic (exact) mass is 359 g/mol. The number of amides is 1. The lowest BCUT2D eigenvalue weighted by Gasteiger charge is -2.42. The molecule has 0 bridgehead atoms. The first-order valence-corrected chi connectivity index (χ1v) is 8.66. The van der Waals surface area contributed by atoms with Gasteiger partial charge in [-0.2, -0.15) is 5.10 Å². The van der Waals surface area contributed by atoms with Crippen molar-refractivity contribution in [3.63, 3.8) is 0 Å². The van der Waals surface area contributed by atoms with Crippen LogP contribution in [0.15, 0.2) is 31.2 Å². The molecule has 1 atom stereocenters. The highest BCUT2D eigenvalue weighted by Crippen LogP contribution is 2.26. The third-order valence-electron chi connectivity index (χ3n) is 4.82. The minimum absolute atomic E-state index is 0.131. The van der Waals surface area contributed by atoms with Gasteiger partial charge in [0.2, 0.25) is 5.91 Å². The van der Waals surface area contributed by atoms with Crippen molar-refractivity contribution in [2.75, 3.05) is 31.6 Å². The van der Waals surface area contributed by atoms with Crippen molar-refractivity contribution in [2.24, 2.45) is 0 Å². The number of hydrogen-bond acceptors (Lipinski definition) is 7. The molecule has 0 unspecified atom stereocenters. The lowest BCUT2D eigenvalue weighted by Crippen LogP contribution is -2.57. The van der Waals surface area contributed by atoms with Crippen LogP contribution in [-0.4, -0.2) is 72.9 Å². The number of β-amino-alcohol motifs (C(OH)–C–C–N with tert-alkyl or cyclic N) is 1. The van der Waals surface area contributed by atoms with Crippen LogP contribution < -0.4 is 4.90 Å². The fourth-order valence-corrected chi connectivity index (χ4v) is 3.47. The van der Waals surface area contributed by atoms with Crippen molar-refractivity contribution in [3.05, 3.63) is 31.2 Å². The number of hydrogen-bond donors (Lipinski definition) is 1. The van der Waals surface area contributed by atoms with Crippen LogP contribution in [-0.2, 0) is 10.3 Å². The van der Waals surface area contributed by atoms with Gasteiger partial charge in [-0.05, 0) is 26.7 Å². The summed E-state index contributed by atoms with van der Waals surface area (Å²) < 4.78 is 1.53. The highest BCUT2D eigenvalue weighted by molar-refractivity contribution is 5.83. The lowest BCUT2D eigenvalue weighted by molar-refractivity contribution is -0.142. The Bertz CT molecular complexity index is 735. The van der Waals surface area contributed by atoms with Crippen molar-refractivity contribution in [1.29, 1.82) is 0 Å². The molecule has 1 fully saturated rings. The van der Waals surface area contributed by atoms with Gasteiger partial charge < -0.3 is 14.9 Å². The van der Waals surface area contributed by atoms with Gasteiger partial charge in [-0.15, -0.1) is 0 Å². The van der Waals surface area contributed by atoms with Crippen LogP contribution in [0.1, 0.15) is 26.7 Å². The highest BCUT2D eigenvalue weighted by Gasteiger charge is 2.39. The van der Waals surface area contributed by atoms with Crippen molar-refractivity contribution in [3.8, 4) is 0 Å². The fourth-order valence-electron chi connectivity index (χ4n) is 3.47. The molecule has 0 spiro atoms. The van der Waals surface area contributed by atoms with Crippen molar-refractivity contribution in [1.82, 2.24) is 29.6 Å². The van der Waals surface area contributed by atoms with Crippen LogP contribution >= 0.6 is 0 Å². The molecule has 2 aromatic heterocycles. The van der Waals surface area contributed by atoms with Gasteiger partial charge in [0.25, 0.3) is 0 Å². The van der Waals surface area contributed by atoms with E-state index in [0.717, 1.165) is 18.8 Å². The van der Waals surface area contributed by atoms with Crippen LogP contribution in [0.2, 0.25) is 0 Å². The highest BCUT2D eigenvalue weighted by atomic mass is 16.3. The Morgan fingerprint density at radius 2 is 2.19 bits per heavy atom. The second kappa shape index (κ2) is 6.99. The fraction of sp³-hybridized carbons (Fsp3) is 0.588. The molecule has 9 heteroatoms. The summed E-state index contributed by atoms with van der Waals surface area (Å²) in [6, 6.07) is 0. The summed E-state index contributed by atoms with van der Waals surface area (Å²) in [5, 5.41) is 15.2. The first-order valence-electron chi connectivity index (χ1n) is 8.66. The molecule has 1 N–H and O–H groups in total. The van der Waals surface area contributed by atoms with Crippen LogP contribution in [0.5, 0.6) is 0 Å². The number of anilines is 1. The van der Waals surface area contributed by atoms with Gasteiger partial charge >= 0.3 is 0 Å². The molecule has 0 aromatic carbocycles. The van der Waals surface area contributed by atoms with Crippen LogP contribution in [0.3, 0.4) is 0 Å². The van der Waals surface area contributed by atoms with E-state index in [1.807, 2.05) is 4.90 Å². The summed E-state index contributed by atoms with van der Waals surface area (Å²) in [4.78, 5) is 28.8. The molecule has 1 saturated heterocycles. The molecule has 3 heterocycles. The number of aromatic nitrogens is 5. The molecule has 0 aliphatic carbocycles. The van der Waals surface area contributed by atoms with Gasteiger partial charge in [-0.3, -0.25) is 9.78 Å². The molecule has 140 valence electrons. The number of piperidine rings is 1. The smallest absolute Gasteiger partial charge is 0.249 e. The zero-order valence-corrected chi connectivity index (χ0v) is 15.4. The Balaban J connectivity index is 1.69. The molecule has 2 aromatic rings. The second-order valence-electron chi connectivity index (χ2n) is 7.37. The molecule has 1 amide bonds. The van der Waals surface area contributed by atoms with E-state index in [2.05, 4.69) is 20.1 Å². The maximum Gasteiger partial charge on any atom is 0.249 e. The van der Waals surface area contributed by atoms with E-state index in [0.29, 0.717) is 13.0 Å². The molecule has 9 nitrogen and oxygen atoms in total. The minimum Gasteiger partial charge on any atom is -0.386 e. The minimum atomic E-state index is -1.00. The average Bonchev–Trinajstić information content (AvgIpc) is 3.17. The Morgan fingerprint density at radius 3 is 2.85 bits per heavy atom. The number of carbonyl (C=O) groups excluding carboxylic acids is 1. The van der Waals surface area contributed by atoms with Crippen LogP contribution in [0.4, 0.5) is 5.82 Å². The van der Waals surface area contributed by atoms with Crippen LogP contribution in [0.25, 0.3) is 0 Å². The quantitative estimate of drug-likeness (QED) is 0.819. The summed E-state index contributed by atoms with van der Waals surface area (Å²) in [6.07, 6.45) is 9.33. The van der Waals surface area contributed by atoms with Gasteiger partial charge in [0.15, 0.2) is 0 Å². The van der Waals surface area contributed by atoms with E-state index in [-0.39, 0.29) is 12.5 Å². The van der Waals surface area contributed by atoms with E-state index < -0.39 is 11.1 Å². The molecule has 1 aliphatic rings. The predicted molar refractivity (Wildman–Crippen MR) is 95.4 cm³/mol. The second-order valence-corrected chi connectivity index (χ2v) is 7.37. The number of aliphatic hydroxyl groups is 1. The Labute approximate surface area is 152 Å². The molecule has 1 aliphatic heterocycles. The zero-order valence-electron chi connectivity index (χ0n) is 15.4. The van der Waals surface area contributed by atoms with Gasteiger partial charge in [0, 0.05) is 32.5 Å². The first-order chi connectivity index (χ1) is 12.3. The third-order valence-corrected chi connectivity index (χ3v) is 4.82. The van der Waals surface area contributed by atoms with E-state index in [1.54, 1.807) is 44.4 Å². The van der Waals surface area contributed by atoms with E-state index >= 15 is 0 Å². The third kappa shape index (κ3) is 3.67. The topological polar surface area (TPSA) is 100 Å². The Hall–Kier alpha value is -2.55. The molecule has 26 heavy (non-hydrogen) atoms. The van der Waals surface area contributed by atoms with E-state index in [4.69, 9.17) is 0 Å². The number of nitrogens with zero attached hydrogens (tertiary/aromatic N) is 7. The summed E-state index contributed by atoms with van der Waals surface area (Å²) in [6.45, 7) is 5.03. The molecule has 0 saturated carbocycles.